The summed E-state index contributed by atoms with van der Waals surface area (Å²) >= 11 is 4.92. The molecule has 0 bridgehead atoms. The first kappa shape index (κ1) is 46.8. The Kier molecular flexibility index (Phi) is 15.1. The molecule has 0 atom stereocenters. The van der Waals surface area contributed by atoms with Gasteiger partial charge in [-0.2, -0.15) is 63.1 Å². The first-order chi connectivity index (χ1) is 26.6. The number of aliphatic hydroxyl groups excluding tert-OH is 1. The summed E-state index contributed by atoms with van der Waals surface area (Å²) in [7, 11) is 0. The third-order valence-corrected chi connectivity index (χ3v) is 6.49. The molecule has 0 amide bonds. The molecule has 0 saturated heterocycles. The van der Waals surface area contributed by atoms with Crippen LogP contribution < -0.4 is 9.47 Å². The monoisotopic (exact) mass is 866 g/mol. The average Bonchev–Trinajstić information content (AvgIpc) is 3.75. The molecule has 27 heteroatoms. The lowest BCUT2D eigenvalue weighted by Gasteiger charge is -2.13. The molecule has 0 unspecified atom stereocenters. The Hall–Kier alpha value is -5.63. The summed E-state index contributed by atoms with van der Waals surface area (Å²) in [5.74, 6) is -5.90. The molecule has 0 spiro atoms. The Morgan fingerprint density at radius 2 is 1.05 bits per heavy atom. The minimum atomic E-state index is -4.66. The van der Waals surface area contributed by atoms with Crippen LogP contribution in [0.2, 0.25) is 0 Å². The minimum absolute atomic E-state index is 0. The van der Waals surface area contributed by atoms with Crippen LogP contribution in [-0.4, -0.2) is 93.5 Å². The number of hydrogen-bond acceptors (Lipinski definition) is 12. The Bertz CT molecular complexity index is 2290. The number of aromatic nitrogens is 10. The number of halogens is 13. The zero-order valence-electron chi connectivity index (χ0n) is 28.5. The first-order valence-corrected chi connectivity index (χ1v) is 15.8. The number of hydrogen-bond donors (Lipinski definition) is 1. The van der Waals surface area contributed by atoms with E-state index < -0.39 is 72.1 Å². The number of aliphatic hydroxyl groups is 1. The van der Waals surface area contributed by atoms with Crippen LogP contribution >= 0.6 is 11.6 Å². The molecule has 0 aromatic carbocycles. The van der Waals surface area contributed by atoms with Crippen molar-refractivity contribution in [3.05, 3.63) is 72.1 Å². The zero-order chi connectivity index (χ0) is 42.3. The van der Waals surface area contributed by atoms with E-state index >= 15 is 0 Å². The molecule has 0 saturated carbocycles. The van der Waals surface area contributed by atoms with Gasteiger partial charge in [-0.25, -0.2) is 18.7 Å². The third kappa shape index (κ3) is 12.2. The van der Waals surface area contributed by atoms with E-state index in [0.717, 1.165) is 29.0 Å². The normalized spacial score (nSPS) is 12.0. The largest absolute Gasteiger partial charge is 0.466 e. The highest BCUT2D eigenvalue weighted by Gasteiger charge is 2.39. The molecule has 6 aromatic rings. The Morgan fingerprint density at radius 1 is 0.655 bits per heavy atom. The Balaban J connectivity index is 0.000000287. The van der Waals surface area contributed by atoms with E-state index in [2.05, 4.69) is 54.8 Å². The summed E-state index contributed by atoms with van der Waals surface area (Å²) in [5, 5.41) is 25.1. The summed E-state index contributed by atoms with van der Waals surface area (Å²) in [6.45, 7) is -0.421. The van der Waals surface area contributed by atoms with Gasteiger partial charge in [-0.05, 0) is 61.8 Å². The number of ether oxygens (including phenoxy) is 3. The van der Waals surface area contributed by atoms with Crippen LogP contribution in [0.5, 0.6) is 11.8 Å². The van der Waals surface area contributed by atoms with E-state index in [0.29, 0.717) is 4.52 Å². The maximum absolute atomic E-state index is 14.0. The molecule has 0 aliphatic rings. The van der Waals surface area contributed by atoms with Crippen LogP contribution in [-0.2, 0) is 16.2 Å². The second-order valence-electron chi connectivity index (χ2n) is 10.6. The van der Waals surface area contributed by atoms with Gasteiger partial charge in [0.05, 0.1) is 18.0 Å². The number of rotatable bonds is 10. The highest BCUT2D eigenvalue weighted by molar-refractivity contribution is 6.21. The molecule has 316 valence electrons. The highest BCUT2D eigenvalue weighted by Crippen LogP contribution is 2.32. The predicted octanol–water partition coefficient (Wildman–Crippen LogP) is 7.54. The molecular weight excluding hydrogens is 840 g/mol. The fourth-order valence-electron chi connectivity index (χ4n) is 4.13. The molecule has 0 aliphatic carbocycles. The highest BCUT2D eigenvalue weighted by atomic mass is 35.5. The van der Waals surface area contributed by atoms with Gasteiger partial charge in [0.2, 0.25) is 5.82 Å². The molecule has 0 radical (unpaired) electrons. The maximum atomic E-state index is 14.0. The zero-order valence-corrected chi connectivity index (χ0v) is 29.3. The topological polar surface area (TPSA) is 160 Å². The van der Waals surface area contributed by atoms with E-state index in [4.69, 9.17) is 16.7 Å². The molecule has 14 nitrogen and oxygen atoms in total. The van der Waals surface area contributed by atoms with Gasteiger partial charge in [0, 0.05) is 30.1 Å². The van der Waals surface area contributed by atoms with Crippen molar-refractivity contribution in [1.82, 2.24) is 49.6 Å². The molecule has 6 heterocycles. The van der Waals surface area contributed by atoms with Crippen LogP contribution in [0.1, 0.15) is 32.9 Å². The number of nitrogens with zero attached hydrogens (tertiary/aromatic N) is 10. The second-order valence-corrected chi connectivity index (χ2v) is 11.1. The van der Waals surface area contributed by atoms with Gasteiger partial charge in [0.15, 0.2) is 36.1 Å². The summed E-state index contributed by atoms with van der Waals surface area (Å²) in [5.41, 5.74) is -0.0679. The van der Waals surface area contributed by atoms with Gasteiger partial charge >= 0.3 is 23.8 Å². The minimum Gasteiger partial charge on any atom is -0.466 e. The van der Waals surface area contributed by atoms with Crippen LogP contribution in [0.3, 0.4) is 0 Å². The summed E-state index contributed by atoms with van der Waals surface area (Å²) in [6.07, 6.45) is -11.1. The van der Waals surface area contributed by atoms with Gasteiger partial charge < -0.3 is 19.3 Å². The van der Waals surface area contributed by atoms with Crippen molar-refractivity contribution in [2.45, 2.75) is 45.1 Å². The van der Waals surface area contributed by atoms with Gasteiger partial charge in [-0.1, -0.05) is 7.43 Å². The van der Waals surface area contributed by atoms with E-state index in [1.807, 2.05) is 0 Å². The quantitative estimate of drug-likeness (QED) is 0.107. The predicted molar refractivity (Wildman–Crippen MR) is 176 cm³/mol. The van der Waals surface area contributed by atoms with Gasteiger partial charge in [-0.3, -0.25) is 0 Å². The summed E-state index contributed by atoms with van der Waals surface area (Å²) in [6, 6.07) is 6.83. The van der Waals surface area contributed by atoms with Gasteiger partial charge in [-0.15, -0.1) is 20.4 Å². The Labute approximate surface area is 322 Å². The maximum Gasteiger partial charge on any atom is 0.422 e. The standard InChI is InChI=1S/C15H11F6N5O2.C13H6ClF6N5O.C2H6O.CH4/c1-2-28-15(20,21)13-24-23-11-4-3-10(25-26(11)13)8-5-9(16)12(22-6-8)27-7-14(17,18)19;14-13(19,20)11-23-22-9-2-1-8(24-25(9)11)6-3-7(15)10(21-4-6)26-5-12(16,17)18;1-2-3;/h3-6H,2,7H2,1H3;1-4H,5H2;3H,2H2,1H3;1H4. The number of alkyl halides is 11. The number of pyridine rings is 2. The fourth-order valence-corrected chi connectivity index (χ4v) is 4.25. The van der Waals surface area contributed by atoms with Crippen LogP contribution in [0.4, 0.5) is 52.7 Å². The lowest BCUT2D eigenvalue weighted by atomic mass is 10.2. The van der Waals surface area contributed by atoms with E-state index in [-0.39, 0.29) is 54.4 Å². The number of fused-ring (bicyclic) bond motifs is 2. The van der Waals surface area contributed by atoms with Crippen molar-refractivity contribution in [1.29, 1.82) is 0 Å². The summed E-state index contributed by atoms with van der Waals surface area (Å²) < 4.78 is 169. The van der Waals surface area contributed by atoms with Crippen molar-refractivity contribution < 1.29 is 72.0 Å². The van der Waals surface area contributed by atoms with E-state index in [1.165, 1.54) is 31.2 Å². The second kappa shape index (κ2) is 18.8. The lowest BCUT2D eigenvalue weighted by molar-refractivity contribution is -0.252. The van der Waals surface area contributed by atoms with Crippen molar-refractivity contribution in [3.8, 4) is 34.3 Å². The molecule has 1 N–H and O–H groups in total. The van der Waals surface area contributed by atoms with Crippen molar-refractivity contribution in [2.75, 3.05) is 26.4 Å². The Morgan fingerprint density at radius 3 is 1.41 bits per heavy atom. The van der Waals surface area contributed by atoms with Gasteiger partial charge in [0.25, 0.3) is 17.6 Å². The van der Waals surface area contributed by atoms with Crippen LogP contribution in [0.15, 0.2) is 48.8 Å². The van der Waals surface area contributed by atoms with Crippen molar-refractivity contribution in [3.63, 3.8) is 0 Å². The van der Waals surface area contributed by atoms with Crippen LogP contribution in [0.25, 0.3) is 33.8 Å². The lowest BCUT2D eigenvalue weighted by Crippen LogP contribution is -2.22. The molecule has 0 aliphatic heterocycles. The van der Waals surface area contributed by atoms with E-state index in [1.54, 1.807) is 6.92 Å². The van der Waals surface area contributed by atoms with Crippen LogP contribution in [0, 0.1) is 11.6 Å². The average molecular weight is 867 g/mol. The molecular formula is C31H27ClF12N10O4. The SMILES string of the molecule is C.CCO.CCOC(F)(F)c1nnc2ccc(-c3cnc(OCC(F)(F)F)c(F)c3)nn12.Fc1cc(-c2ccc3nnc(C(F)(F)Cl)n3n2)cnc1OCC(F)(F)F. The van der Waals surface area contributed by atoms with E-state index in [9.17, 15) is 52.7 Å². The molecule has 58 heavy (non-hydrogen) atoms. The smallest absolute Gasteiger partial charge is 0.422 e. The first-order valence-electron chi connectivity index (χ1n) is 15.4. The molecule has 6 rings (SSSR count). The molecule has 6 aromatic heterocycles. The summed E-state index contributed by atoms with van der Waals surface area (Å²) in [4.78, 5) is 6.92. The third-order valence-electron chi connectivity index (χ3n) is 6.32. The van der Waals surface area contributed by atoms with Crippen molar-refractivity contribution in [2.24, 2.45) is 0 Å². The molecule has 0 fully saturated rings. The van der Waals surface area contributed by atoms with Crippen molar-refractivity contribution >= 4 is 22.9 Å². The van der Waals surface area contributed by atoms with Gasteiger partial charge in [0.1, 0.15) is 0 Å². The fraction of sp³-hybridized carbons (Fsp3) is 0.355.